The molecule has 0 bridgehead atoms. The Bertz CT molecular complexity index is 893. The molecule has 29 heavy (non-hydrogen) atoms. The average molecular weight is 395 g/mol. The number of amides is 1. The number of hydrogen-bond acceptors (Lipinski definition) is 5. The van der Waals surface area contributed by atoms with E-state index in [2.05, 4.69) is 6.07 Å². The third-order valence-electron chi connectivity index (χ3n) is 5.62. The third kappa shape index (κ3) is 4.36. The maximum Gasteiger partial charge on any atom is 0.231 e. The van der Waals surface area contributed by atoms with E-state index in [9.17, 15) is 9.59 Å². The summed E-state index contributed by atoms with van der Waals surface area (Å²) < 4.78 is 15.9. The highest BCUT2D eigenvalue weighted by atomic mass is 16.7. The molecule has 2 aliphatic rings. The Kier molecular flexibility index (Phi) is 5.69. The van der Waals surface area contributed by atoms with Gasteiger partial charge in [-0.3, -0.25) is 9.59 Å². The Hall–Kier alpha value is -3.02. The van der Waals surface area contributed by atoms with Crippen LogP contribution in [0.1, 0.15) is 47.5 Å². The van der Waals surface area contributed by atoms with Gasteiger partial charge in [0.05, 0.1) is 7.11 Å². The van der Waals surface area contributed by atoms with Crippen LogP contribution in [0.15, 0.2) is 42.5 Å². The molecule has 2 aromatic carbocycles. The van der Waals surface area contributed by atoms with Crippen LogP contribution in [-0.2, 0) is 4.79 Å². The maximum atomic E-state index is 12.6. The highest BCUT2D eigenvalue weighted by molar-refractivity contribution is 5.96. The molecule has 2 heterocycles. The van der Waals surface area contributed by atoms with Crippen LogP contribution < -0.4 is 14.2 Å². The summed E-state index contributed by atoms with van der Waals surface area (Å²) in [5, 5.41) is 0. The number of rotatable bonds is 7. The maximum absolute atomic E-state index is 12.6. The summed E-state index contributed by atoms with van der Waals surface area (Å²) in [7, 11) is 1.60. The van der Waals surface area contributed by atoms with Gasteiger partial charge < -0.3 is 19.1 Å². The molecule has 0 saturated carbocycles. The van der Waals surface area contributed by atoms with Crippen LogP contribution in [-0.4, -0.2) is 43.6 Å². The van der Waals surface area contributed by atoms with E-state index in [1.807, 2.05) is 17.0 Å². The zero-order chi connectivity index (χ0) is 20.2. The molecule has 4 rings (SSSR count). The zero-order valence-corrected chi connectivity index (χ0v) is 16.6. The van der Waals surface area contributed by atoms with Crippen molar-refractivity contribution >= 4 is 11.7 Å². The molecule has 6 heteroatoms. The predicted molar refractivity (Wildman–Crippen MR) is 108 cm³/mol. The standard InChI is InChI=1S/C23H25NO5/c1-27-19-8-5-16(6-9-19)20(25)3-2-4-23(26)24-12-11-18(14-24)17-7-10-21-22(13-17)29-15-28-21/h5-10,13,18H,2-4,11-12,14-15H2,1H3. The van der Waals surface area contributed by atoms with Gasteiger partial charge >= 0.3 is 0 Å². The van der Waals surface area contributed by atoms with Crippen molar-refractivity contribution in [1.29, 1.82) is 0 Å². The number of carbonyl (C=O) groups is 2. The second-order valence-electron chi connectivity index (χ2n) is 7.44. The van der Waals surface area contributed by atoms with E-state index in [0.29, 0.717) is 37.3 Å². The fraction of sp³-hybridized carbons (Fsp3) is 0.391. The van der Waals surface area contributed by atoms with Crippen LogP contribution in [0.4, 0.5) is 0 Å². The SMILES string of the molecule is COc1ccc(C(=O)CCCC(=O)N2CCC(c3ccc4c(c3)OCO4)C2)cc1. The summed E-state index contributed by atoms with van der Waals surface area (Å²) >= 11 is 0. The van der Waals surface area contributed by atoms with Crippen LogP contribution in [0, 0.1) is 0 Å². The first kappa shape index (κ1) is 19.3. The van der Waals surface area contributed by atoms with Gasteiger partial charge in [0.2, 0.25) is 12.7 Å². The Morgan fingerprint density at radius 1 is 1.07 bits per heavy atom. The molecule has 2 aliphatic heterocycles. The first-order valence-corrected chi connectivity index (χ1v) is 9.98. The minimum absolute atomic E-state index is 0.0557. The minimum Gasteiger partial charge on any atom is -0.497 e. The summed E-state index contributed by atoms with van der Waals surface area (Å²) in [4.78, 5) is 26.8. The van der Waals surface area contributed by atoms with E-state index in [1.54, 1.807) is 31.4 Å². The molecule has 0 aliphatic carbocycles. The summed E-state index contributed by atoms with van der Waals surface area (Å²) in [5.41, 5.74) is 1.83. The number of ketones is 1. The van der Waals surface area contributed by atoms with Gasteiger partial charge in [-0.25, -0.2) is 0 Å². The summed E-state index contributed by atoms with van der Waals surface area (Å²) in [5.74, 6) is 2.78. The van der Waals surface area contributed by atoms with E-state index in [1.165, 1.54) is 5.56 Å². The Morgan fingerprint density at radius 2 is 1.86 bits per heavy atom. The van der Waals surface area contributed by atoms with E-state index >= 15 is 0 Å². The molecular weight excluding hydrogens is 370 g/mol. The molecule has 152 valence electrons. The lowest BCUT2D eigenvalue weighted by atomic mass is 9.98. The summed E-state index contributed by atoms with van der Waals surface area (Å²) in [6.45, 7) is 1.73. The topological polar surface area (TPSA) is 65.1 Å². The molecule has 0 radical (unpaired) electrons. The number of Topliss-reactive ketones (excluding diaryl/α,β-unsaturated/α-hetero) is 1. The Morgan fingerprint density at radius 3 is 2.66 bits per heavy atom. The van der Waals surface area contributed by atoms with Gasteiger partial charge in [-0.15, -0.1) is 0 Å². The zero-order valence-electron chi connectivity index (χ0n) is 16.6. The first-order chi connectivity index (χ1) is 14.1. The van der Waals surface area contributed by atoms with Crippen LogP contribution in [0.5, 0.6) is 17.2 Å². The predicted octanol–water partition coefficient (Wildman–Crippen LogP) is 3.79. The van der Waals surface area contributed by atoms with Gasteiger partial charge in [-0.2, -0.15) is 0 Å². The van der Waals surface area contributed by atoms with Crippen molar-refractivity contribution in [1.82, 2.24) is 4.90 Å². The molecule has 1 amide bonds. The lowest BCUT2D eigenvalue weighted by Gasteiger charge is -2.17. The Labute approximate surface area is 170 Å². The molecule has 6 nitrogen and oxygen atoms in total. The smallest absolute Gasteiger partial charge is 0.231 e. The quantitative estimate of drug-likeness (QED) is 0.668. The van der Waals surface area contributed by atoms with Crippen molar-refractivity contribution in [3.8, 4) is 17.2 Å². The van der Waals surface area contributed by atoms with E-state index in [4.69, 9.17) is 14.2 Å². The van der Waals surface area contributed by atoms with Crippen LogP contribution in [0.25, 0.3) is 0 Å². The molecule has 0 aromatic heterocycles. The van der Waals surface area contributed by atoms with Gasteiger partial charge in [-0.05, 0) is 54.8 Å². The molecule has 1 saturated heterocycles. The van der Waals surface area contributed by atoms with Crippen molar-refractivity contribution in [2.24, 2.45) is 0 Å². The summed E-state index contributed by atoms with van der Waals surface area (Å²) in [6.07, 6.45) is 2.28. The third-order valence-corrected chi connectivity index (χ3v) is 5.62. The number of benzene rings is 2. The average Bonchev–Trinajstić information content (AvgIpc) is 3.42. The van der Waals surface area contributed by atoms with Gasteiger partial charge in [-0.1, -0.05) is 6.07 Å². The van der Waals surface area contributed by atoms with E-state index in [-0.39, 0.29) is 18.5 Å². The number of likely N-dealkylation sites (tertiary alicyclic amines) is 1. The molecule has 1 unspecified atom stereocenters. The highest BCUT2D eigenvalue weighted by Gasteiger charge is 2.28. The fourth-order valence-electron chi connectivity index (χ4n) is 3.91. The number of fused-ring (bicyclic) bond motifs is 1. The van der Waals surface area contributed by atoms with Gasteiger partial charge in [0.15, 0.2) is 17.3 Å². The largest absolute Gasteiger partial charge is 0.497 e. The van der Waals surface area contributed by atoms with Gasteiger partial charge in [0.1, 0.15) is 5.75 Å². The first-order valence-electron chi connectivity index (χ1n) is 9.98. The number of methoxy groups -OCH3 is 1. The van der Waals surface area contributed by atoms with Crippen molar-refractivity contribution in [3.05, 3.63) is 53.6 Å². The van der Waals surface area contributed by atoms with E-state index in [0.717, 1.165) is 30.2 Å². The van der Waals surface area contributed by atoms with Crippen molar-refractivity contribution in [3.63, 3.8) is 0 Å². The molecule has 2 aromatic rings. The van der Waals surface area contributed by atoms with Crippen LogP contribution in [0.2, 0.25) is 0 Å². The summed E-state index contributed by atoms with van der Waals surface area (Å²) in [6, 6.07) is 13.1. The number of hydrogen-bond donors (Lipinski definition) is 0. The normalized spacial score (nSPS) is 17.4. The number of nitrogens with zero attached hydrogens (tertiary/aromatic N) is 1. The number of carbonyl (C=O) groups excluding carboxylic acids is 2. The highest BCUT2D eigenvalue weighted by Crippen LogP contribution is 2.37. The van der Waals surface area contributed by atoms with Crippen molar-refractivity contribution in [2.75, 3.05) is 27.0 Å². The van der Waals surface area contributed by atoms with Gasteiger partial charge in [0, 0.05) is 37.4 Å². The molecule has 1 atom stereocenters. The molecule has 0 N–H and O–H groups in total. The number of ether oxygens (including phenoxy) is 3. The Balaban J connectivity index is 1.24. The second kappa shape index (κ2) is 8.55. The molecular formula is C23H25NO5. The van der Waals surface area contributed by atoms with Gasteiger partial charge in [0.25, 0.3) is 0 Å². The van der Waals surface area contributed by atoms with Crippen LogP contribution >= 0.6 is 0 Å². The van der Waals surface area contributed by atoms with E-state index < -0.39 is 0 Å². The van der Waals surface area contributed by atoms with Crippen LogP contribution in [0.3, 0.4) is 0 Å². The lowest BCUT2D eigenvalue weighted by molar-refractivity contribution is -0.130. The monoisotopic (exact) mass is 395 g/mol. The van der Waals surface area contributed by atoms with Crippen molar-refractivity contribution in [2.45, 2.75) is 31.6 Å². The minimum atomic E-state index is 0.0557. The fourth-order valence-corrected chi connectivity index (χ4v) is 3.91. The molecule has 0 spiro atoms. The second-order valence-corrected chi connectivity index (χ2v) is 7.44. The lowest BCUT2D eigenvalue weighted by Crippen LogP contribution is -2.28. The van der Waals surface area contributed by atoms with Crippen molar-refractivity contribution < 1.29 is 23.8 Å². The molecule has 1 fully saturated rings.